The number of ether oxygens (including phenoxy) is 1. The fourth-order valence-electron chi connectivity index (χ4n) is 1.98. The maximum absolute atomic E-state index is 12.5. The van der Waals surface area contributed by atoms with Gasteiger partial charge in [0, 0.05) is 0 Å². The molecule has 0 aliphatic carbocycles. The Morgan fingerprint density at radius 2 is 1.19 bits per heavy atom. The first-order chi connectivity index (χ1) is 12.5. The second-order valence-corrected chi connectivity index (χ2v) is 5.31. The van der Waals surface area contributed by atoms with Crippen LogP contribution in [0, 0.1) is 0 Å². The van der Waals surface area contributed by atoms with Crippen molar-refractivity contribution in [1.82, 2.24) is 0 Å². The maximum Gasteiger partial charge on any atom is 0.573 e. The van der Waals surface area contributed by atoms with Crippen molar-refractivity contribution in [3.63, 3.8) is 0 Å². The molecule has 27 heavy (non-hydrogen) atoms. The van der Waals surface area contributed by atoms with Crippen molar-refractivity contribution in [1.29, 1.82) is 0 Å². The Labute approximate surface area is 150 Å². The standard InChI is InChI=1S/C19H12F6O2/c20-18(21,22)15-7-1-13(2-8-15)3-9-16(26)10-4-14-5-11-17(12-6-14)27-19(23,24)25/h1-12H/b9-3+,10-4+. The molecule has 0 N–H and O–H groups in total. The maximum atomic E-state index is 12.5. The molecule has 0 radical (unpaired) electrons. The summed E-state index contributed by atoms with van der Waals surface area (Å²) in [5.41, 5.74) is 0.100. The lowest BCUT2D eigenvalue weighted by molar-refractivity contribution is -0.274. The van der Waals surface area contributed by atoms with Crippen molar-refractivity contribution < 1.29 is 35.9 Å². The Morgan fingerprint density at radius 3 is 1.59 bits per heavy atom. The monoisotopic (exact) mass is 386 g/mol. The lowest BCUT2D eigenvalue weighted by Crippen LogP contribution is -2.16. The number of allylic oxidation sites excluding steroid dienone is 2. The Kier molecular flexibility index (Phi) is 6.09. The van der Waals surface area contributed by atoms with Crippen molar-refractivity contribution in [2.24, 2.45) is 0 Å². The lowest BCUT2D eigenvalue weighted by atomic mass is 10.1. The van der Waals surface area contributed by atoms with E-state index in [1.807, 2.05) is 0 Å². The summed E-state index contributed by atoms with van der Waals surface area (Å²) in [5.74, 6) is -0.821. The quantitative estimate of drug-likeness (QED) is 0.472. The second kappa shape index (κ2) is 8.11. The van der Waals surface area contributed by atoms with Crippen molar-refractivity contribution >= 4 is 17.9 Å². The van der Waals surface area contributed by atoms with Crippen LogP contribution in [-0.4, -0.2) is 12.1 Å². The van der Waals surface area contributed by atoms with Gasteiger partial charge in [-0.3, -0.25) is 4.79 Å². The summed E-state index contributed by atoms with van der Waals surface area (Å²) < 4.78 is 77.3. The molecule has 0 unspecified atom stereocenters. The molecule has 0 aromatic heterocycles. The largest absolute Gasteiger partial charge is 0.573 e. The first-order valence-electron chi connectivity index (χ1n) is 7.46. The molecule has 0 atom stereocenters. The van der Waals surface area contributed by atoms with E-state index in [2.05, 4.69) is 4.74 Å². The summed E-state index contributed by atoms with van der Waals surface area (Å²) in [6, 6.07) is 9.17. The van der Waals surface area contributed by atoms with Crippen LogP contribution >= 0.6 is 0 Å². The minimum Gasteiger partial charge on any atom is -0.406 e. The van der Waals surface area contributed by atoms with Crippen molar-refractivity contribution in [3.8, 4) is 5.75 Å². The molecular weight excluding hydrogens is 374 g/mol. The molecule has 142 valence electrons. The van der Waals surface area contributed by atoms with E-state index in [1.54, 1.807) is 0 Å². The van der Waals surface area contributed by atoms with E-state index in [0.717, 1.165) is 24.3 Å². The molecule has 0 aliphatic rings. The van der Waals surface area contributed by atoms with Crippen LogP contribution in [0.15, 0.2) is 60.7 Å². The normalized spacial score (nSPS) is 12.7. The zero-order valence-corrected chi connectivity index (χ0v) is 13.5. The zero-order chi connectivity index (χ0) is 20.1. The van der Waals surface area contributed by atoms with Crippen LogP contribution in [0.4, 0.5) is 26.3 Å². The van der Waals surface area contributed by atoms with Gasteiger partial charge in [0.2, 0.25) is 0 Å². The number of rotatable bonds is 5. The molecule has 2 rings (SSSR count). The molecule has 2 nitrogen and oxygen atoms in total. The number of hydrogen-bond donors (Lipinski definition) is 0. The first-order valence-corrected chi connectivity index (χ1v) is 7.46. The van der Waals surface area contributed by atoms with Crippen LogP contribution in [0.5, 0.6) is 5.75 Å². The summed E-state index contributed by atoms with van der Waals surface area (Å²) in [7, 11) is 0. The summed E-state index contributed by atoms with van der Waals surface area (Å²) in [6.45, 7) is 0. The van der Waals surface area contributed by atoms with E-state index in [-0.39, 0.29) is 5.75 Å². The van der Waals surface area contributed by atoms with Gasteiger partial charge in [-0.15, -0.1) is 13.2 Å². The molecule has 0 saturated carbocycles. The molecule has 0 fully saturated rings. The van der Waals surface area contributed by atoms with Crippen molar-refractivity contribution in [2.45, 2.75) is 12.5 Å². The molecule has 0 aliphatic heterocycles. The van der Waals surface area contributed by atoms with Gasteiger partial charge in [-0.2, -0.15) is 13.2 Å². The summed E-state index contributed by atoms with van der Waals surface area (Å²) >= 11 is 0. The highest BCUT2D eigenvalue weighted by Gasteiger charge is 2.31. The molecule has 0 heterocycles. The number of alkyl halides is 6. The molecule has 0 bridgehead atoms. The number of benzene rings is 2. The third kappa shape index (κ3) is 7.01. The van der Waals surface area contributed by atoms with Gasteiger partial charge in [-0.1, -0.05) is 36.4 Å². The SMILES string of the molecule is O=C(/C=C/c1ccc(OC(F)(F)F)cc1)/C=C/c1ccc(C(F)(F)F)cc1. The Balaban J connectivity index is 1.95. The van der Waals surface area contributed by atoms with E-state index in [4.69, 9.17) is 0 Å². The first kappa shape index (κ1) is 20.3. The summed E-state index contributed by atoms with van der Waals surface area (Å²) in [4.78, 5) is 11.7. The van der Waals surface area contributed by atoms with Gasteiger partial charge in [0.1, 0.15) is 5.75 Å². The Bertz CT molecular complexity index is 828. The van der Waals surface area contributed by atoms with Crippen LogP contribution in [-0.2, 0) is 11.0 Å². The van der Waals surface area contributed by atoms with Crippen LogP contribution in [0.2, 0.25) is 0 Å². The number of carbonyl (C=O) groups is 1. The number of ketones is 1. The van der Waals surface area contributed by atoms with Gasteiger partial charge in [0.05, 0.1) is 5.56 Å². The van der Waals surface area contributed by atoms with Gasteiger partial charge in [-0.25, -0.2) is 0 Å². The van der Waals surface area contributed by atoms with Crippen LogP contribution in [0.1, 0.15) is 16.7 Å². The zero-order valence-electron chi connectivity index (χ0n) is 13.5. The van der Waals surface area contributed by atoms with Crippen molar-refractivity contribution in [3.05, 3.63) is 77.4 Å². The average Bonchev–Trinajstić information content (AvgIpc) is 2.57. The lowest BCUT2D eigenvalue weighted by Gasteiger charge is -2.08. The highest BCUT2D eigenvalue weighted by molar-refractivity contribution is 6.04. The minimum absolute atomic E-state index is 0.381. The van der Waals surface area contributed by atoms with Crippen LogP contribution < -0.4 is 4.74 Å². The summed E-state index contributed by atoms with van der Waals surface area (Å²) in [5, 5.41) is 0. The highest BCUT2D eigenvalue weighted by Crippen LogP contribution is 2.29. The average molecular weight is 386 g/mol. The Morgan fingerprint density at radius 1 is 0.741 bits per heavy atom. The highest BCUT2D eigenvalue weighted by atomic mass is 19.4. The van der Waals surface area contributed by atoms with Gasteiger partial charge in [-0.05, 0) is 47.5 Å². The minimum atomic E-state index is -4.78. The van der Waals surface area contributed by atoms with Gasteiger partial charge in [0.25, 0.3) is 0 Å². The van der Waals surface area contributed by atoms with E-state index in [9.17, 15) is 31.1 Å². The third-order valence-corrected chi connectivity index (χ3v) is 3.23. The Hall–Kier alpha value is -3.03. The van der Waals surface area contributed by atoms with E-state index < -0.39 is 23.9 Å². The summed E-state index contributed by atoms with van der Waals surface area (Å²) in [6.07, 6.45) is -4.12. The van der Waals surface area contributed by atoms with Gasteiger partial charge in [0.15, 0.2) is 5.78 Å². The topological polar surface area (TPSA) is 26.3 Å². The number of carbonyl (C=O) groups excluding carboxylic acids is 1. The van der Waals surface area contributed by atoms with Crippen molar-refractivity contribution in [2.75, 3.05) is 0 Å². The van der Waals surface area contributed by atoms with Gasteiger partial charge < -0.3 is 4.74 Å². The van der Waals surface area contributed by atoms with Crippen LogP contribution in [0.25, 0.3) is 12.2 Å². The molecule has 0 amide bonds. The fourth-order valence-corrected chi connectivity index (χ4v) is 1.98. The molecule has 0 spiro atoms. The van der Waals surface area contributed by atoms with E-state index in [1.165, 1.54) is 48.6 Å². The number of hydrogen-bond acceptors (Lipinski definition) is 2. The predicted molar refractivity (Wildman–Crippen MR) is 87.6 cm³/mol. The second-order valence-electron chi connectivity index (χ2n) is 5.31. The molecule has 2 aromatic carbocycles. The van der Waals surface area contributed by atoms with Crippen LogP contribution in [0.3, 0.4) is 0 Å². The number of halogens is 6. The van der Waals surface area contributed by atoms with E-state index in [0.29, 0.717) is 11.1 Å². The van der Waals surface area contributed by atoms with Gasteiger partial charge >= 0.3 is 12.5 Å². The molecule has 0 saturated heterocycles. The predicted octanol–water partition coefficient (Wildman–Crippen LogP) is 5.90. The molecular formula is C19H12F6O2. The van der Waals surface area contributed by atoms with E-state index >= 15 is 0 Å². The smallest absolute Gasteiger partial charge is 0.406 e. The molecule has 8 heteroatoms. The third-order valence-electron chi connectivity index (χ3n) is 3.23. The fraction of sp³-hybridized carbons (Fsp3) is 0.105. The molecule has 2 aromatic rings.